The fourth-order valence-corrected chi connectivity index (χ4v) is 12.4. The fraction of sp³-hybridized carbons (Fsp3) is 0.764. The molecule has 3 aliphatic rings. The lowest BCUT2D eigenvalue weighted by molar-refractivity contribution is -0.302. The van der Waals surface area contributed by atoms with Crippen molar-refractivity contribution in [3.63, 3.8) is 0 Å². The summed E-state index contributed by atoms with van der Waals surface area (Å²) in [7, 11) is 6.78. The summed E-state index contributed by atoms with van der Waals surface area (Å²) in [6, 6.07) is 5.62. The summed E-state index contributed by atoms with van der Waals surface area (Å²) in [5.41, 5.74) is 4.11. The molecule has 1 unspecified atom stereocenters. The molecule has 20 atom stereocenters. The smallest absolute Gasteiger partial charge is 0.309 e. The SMILES string of the molecule is CC[C@H]1OC(=O)[C@H](C)[C@@H](C2C[C@@](C)(OC)[C@@H](O)[C@H](C)O2)[C@H](C)[C@@H](O[C@@H]2O[C@H](C)C[C@H](N(C)CCc3cn([C@H](CF)[C@H](OC)c4ccc(-c5cnc(N)nc5)cc4)nn3)[C@H]2O)[C@](C)(O)C[C@@H](C)CN(C)[C@H](C)[C@@H](O)[C@]1(C)O. The Balaban J connectivity index is 1.26. The number of ether oxygens (including phenoxy) is 6. The van der Waals surface area contributed by atoms with Gasteiger partial charge in [-0.3, -0.25) is 4.79 Å². The van der Waals surface area contributed by atoms with E-state index in [1.54, 1.807) is 60.1 Å². The number of anilines is 1. The lowest BCUT2D eigenvalue weighted by atomic mass is 9.68. The second kappa shape index (κ2) is 25.5. The number of aliphatic hydroxyl groups excluding tert-OH is 3. The van der Waals surface area contributed by atoms with Gasteiger partial charge in [-0.15, -0.1) is 5.10 Å². The molecule has 0 aliphatic carbocycles. The van der Waals surface area contributed by atoms with Gasteiger partial charge in [0.25, 0.3) is 0 Å². The van der Waals surface area contributed by atoms with Gasteiger partial charge in [0.15, 0.2) is 6.29 Å². The highest BCUT2D eigenvalue weighted by Gasteiger charge is 2.55. The first-order valence-corrected chi connectivity index (χ1v) is 27.0. The van der Waals surface area contributed by atoms with Crippen LogP contribution >= 0.6 is 0 Å². The van der Waals surface area contributed by atoms with Crippen molar-refractivity contribution in [1.29, 1.82) is 0 Å². The third kappa shape index (κ3) is 13.6. The molecule has 0 bridgehead atoms. The Morgan fingerprint density at radius 1 is 0.961 bits per heavy atom. The number of aromatic nitrogens is 5. The van der Waals surface area contributed by atoms with Gasteiger partial charge in [-0.05, 0) is 97.9 Å². The van der Waals surface area contributed by atoms with Gasteiger partial charge in [0.1, 0.15) is 48.8 Å². The molecule has 5 heterocycles. The van der Waals surface area contributed by atoms with Crippen molar-refractivity contribution in [2.75, 3.05) is 53.8 Å². The van der Waals surface area contributed by atoms with Crippen LogP contribution in [0.4, 0.5) is 10.3 Å². The summed E-state index contributed by atoms with van der Waals surface area (Å²) in [6.07, 6.45) is -3.10. The zero-order chi connectivity index (χ0) is 56.2. The van der Waals surface area contributed by atoms with Crippen LogP contribution in [0.15, 0.2) is 42.9 Å². The van der Waals surface area contributed by atoms with Crippen LogP contribution in [0, 0.1) is 23.7 Å². The molecule has 2 aromatic heterocycles. The molecule has 428 valence electrons. The number of likely N-dealkylation sites (N-methyl/N-ethyl adjacent to an activating group) is 2. The third-order valence-corrected chi connectivity index (χ3v) is 17.1. The van der Waals surface area contributed by atoms with Gasteiger partial charge in [-0.2, -0.15) is 0 Å². The van der Waals surface area contributed by atoms with E-state index in [-0.39, 0.29) is 31.1 Å². The monoisotopic (exact) mass is 1070 g/mol. The third-order valence-electron chi connectivity index (χ3n) is 17.1. The number of aliphatic hydroxyl groups is 5. The predicted molar refractivity (Wildman–Crippen MR) is 282 cm³/mol. The van der Waals surface area contributed by atoms with Crippen LogP contribution in [0.1, 0.15) is 118 Å². The molecule has 20 nitrogen and oxygen atoms in total. The molecular formula is C55H89FN8O12. The lowest BCUT2D eigenvalue weighted by Crippen LogP contribution is -2.62. The molecule has 6 rings (SSSR count). The standard InChI is InChI=1S/C55H89FN8O12/c1-15-43-55(10,70)47(66)34(6)63(12)28-30(2)23-53(8,69)49(32(4)44(33(5)50(68)75-43)42-24-54(9,72-14)48(67)35(7)74-42)76-51-45(65)40(22-31(3)73-51)62(11)21-20-39-29-64(61-60-39)41(25-56)46(71-13)37-18-16-36(17-19-37)38-26-58-52(57)59-27-38/h16-19,26-27,29-35,40-49,51,65-67,69-70H,15,20-25,28H2,1-14H3,(H2,57,58,59)/t30-,31-,32+,33-,34-,35+,40+,41-,42?,43-,44+,45-,46-,47-,48+,49-,51+,53-,54-,55-/m1/s1. The molecule has 76 heavy (non-hydrogen) atoms. The van der Waals surface area contributed by atoms with Gasteiger partial charge in [0, 0.05) is 82.3 Å². The van der Waals surface area contributed by atoms with E-state index in [2.05, 4.69) is 20.3 Å². The highest BCUT2D eigenvalue weighted by atomic mass is 19.1. The van der Waals surface area contributed by atoms with Gasteiger partial charge in [0.2, 0.25) is 5.95 Å². The Morgan fingerprint density at radius 2 is 1.62 bits per heavy atom. The number of esters is 1. The summed E-state index contributed by atoms with van der Waals surface area (Å²) in [5, 5.41) is 69.0. The molecule has 0 radical (unpaired) electrons. The molecule has 21 heteroatoms. The van der Waals surface area contributed by atoms with Gasteiger partial charge in [0.05, 0.1) is 47.2 Å². The van der Waals surface area contributed by atoms with E-state index in [9.17, 15) is 34.7 Å². The number of hydrogen-bond acceptors (Lipinski definition) is 19. The first-order valence-electron chi connectivity index (χ1n) is 27.0. The summed E-state index contributed by atoms with van der Waals surface area (Å²) < 4.78 is 54.5. The van der Waals surface area contributed by atoms with E-state index in [1.807, 2.05) is 68.9 Å². The molecule has 7 N–H and O–H groups in total. The van der Waals surface area contributed by atoms with Crippen molar-refractivity contribution in [3.05, 3.63) is 54.1 Å². The van der Waals surface area contributed by atoms with Crippen LogP contribution in [0.25, 0.3) is 11.1 Å². The number of rotatable bonds is 15. The van der Waals surface area contributed by atoms with E-state index < -0.39 is 127 Å². The molecule has 0 amide bonds. The maximum absolute atomic E-state index is 14.9. The highest BCUT2D eigenvalue weighted by molar-refractivity contribution is 5.73. The summed E-state index contributed by atoms with van der Waals surface area (Å²) in [5.74, 6) is -3.11. The number of benzene rings is 1. The van der Waals surface area contributed by atoms with Crippen LogP contribution in [0.3, 0.4) is 0 Å². The quantitative estimate of drug-likeness (QED) is 0.116. The number of hydrogen-bond donors (Lipinski definition) is 6. The highest BCUT2D eigenvalue weighted by Crippen LogP contribution is 2.45. The van der Waals surface area contributed by atoms with Gasteiger partial charge >= 0.3 is 5.97 Å². The first-order chi connectivity index (χ1) is 35.7. The van der Waals surface area contributed by atoms with E-state index in [1.165, 1.54) is 25.8 Å². The molecule has 3 aromatic rings. The Bertz CT molecular complexity index is 2300. The molecule has 3 fully saturated rings. The van der Waals surface area contributed by atoms with Crippen molar-refractivity contribution in [3.8, 4) is 11.1 Å². The minimum absolute atomic E-state index is 0.167. The predicted octanol–water partition coefficient (Wildman–Crippen LogP) is 4.32. The van der Waals surface area contributed by atoms with Gasteiger partial charge < -0.3 is 69.5 Å². The van der Waals surface area contributed by atoms with Crippen molar-refractivity contribution in [1.82, 2.24) is 34.8 Å². The Kier molecular flexibility index (Phi) is 20.6. The number of carbonyl (C=O) groups is 1. The molecule has 1 aromatic carbocycles. The zero-order valence-electron chi connectivity index (χ0n) is 47.2. The second-order valence-corrected chi connectivity index (χ2v) is 23.0. The van der Waals surface area contributed by atoms with Crippen LogP contribution in [0.5, 0.6) is 0 Å². The number of carbonyl (C=O) groups excluding carboxylic acids is 1. The number of nitrogens with two attached hydrogens (primary N) is 1. The largest absolute Gasteiger partial charge is 0.459 e. The minimum Gasteiger partial charge on any atom is -0.459 e. The number of methoxy groups -OCH3 is 2. The van der Waals surface area contributed by atoms with Crippen LogP contribution < -0.4 is 5.73 Å². The van der Waals surface area contributed by atoms with Crippen LogP contribution in [-0.4, -0.2) is 198 Å². The van der Waals surface area contributed by atoms with Gasteiger partial charge in [-0.25, -0.2) is 19.0 Å². The van der Waals surface area contributed by atoms with Crippen molar-refractivity contribution in [2.24, 2.45) is 23.7 Å². The Morgan fingerprint density at radius 3 is 2.22 bits per heavy atom. The van der Waals surface area contributed by atoms with Crippen LogP contribution in [0.2, 0.25) is 0 Å². The normalized spacial score (nSPS) is 38.5. The number of cyclic esters (lactones) is 1. The molecule has 0 saturated carbocycles. The van der Waals surface area contributed by atoms with Gasteiger partial charge in [-0.1, -0.05) is 57.2 Å². The van der Waals surface area contributed by atoms with E-state index >= 15 is 0 Å². The zero-order valence-corrected chi connectivity index (χ0v) is 47.2. The molecular weight excluding hydrogens is 984 g/mol. The fourth-order valence-electron chi connectivity index (χ4n) is 12.4. The number of halogens is 1. The van der Waals surface area contributed by atoms with E-state index in [0.29, 0.717) is 31.6 Å². The summed E-state index contributed by atoms with van der Waals surface area (Å²) in [4.78, 5) is 26.7. The average Bonchev–Trinajstić information content (AvgIpc) is 3.85. The summed E-state index contributed by atoms with van der Waals surface area (Å²) in [6.45, 7) is 17.9. The Labute approximate surface area is 448 Å². The number of nitrogen functional groups attached to an aromatic ring is 1. The second-order valence-electron chi connectivity index (χ2n) is 23.0. The maximum atomic E-state index is 14.9. The number of alkyl halides is 1. The summed E-state index contributed by atoms with van der Waals surface area (Å²) >= 11 is 0. The van der Waals surface area contributed by atoms with Crippen molar-refractivity contribution >= 4 is 11.9 Å². The molecule has 0 spiro atoms. The van der Waals surface area contributed by atoms with E-state index in [0.717, 1.165) is 16.7 Å². The lowest BCUT2D eigenvalue weighted by Gasteiger charge is -2.51. The first kappa shape index (κ1) is 61.4. The average molecular weight is 1070 g/mol. The number of nitrogens with zero attached hydrogens (tertiary/aromatic N) is 7. The van der Waals surface area contributed by atoms with Crippen molar-refractivity contribution < 1.29 is 63.1 Å². The topological polar surface area (TPSA) is 263 Å². The maximum Gasteiger partial charge on any atom is 0.309 e. The molecule has 3 aliphatic heterocycles. The minimum atomic E-state index is -1.83. The molecule has 3 saturated heterocycles. The van der Waals surface area contributed by atoms with Crippen molar-refractivity contribution in [2.45, 2.75) is 197 Å². The Hall–Kier alpha value is -3.84. The van der Waals surface area contributed by atoms with Crippen LogP contribution in [-0.2, 0) is 39.6 Å². The van der Waals surface area contributed by atoms with E-state index in [4.69, 9.17) is 34.2 Å².